The molecule has 0 saturated carbocycles. The van der Waals surface area contributed by atoms with E-state index in [1.807, 2.05) is 19.9 Å². The standard InChI is InChI=1S/C8H12O/c1-4-6-7-8(3)9-5-2/h1,7H,5-6H2,2-3H3/b8-7+. The molecule has 0 aromatic heterocycles. The molecular weight excluding hydrogens is 112 g/mol. The van der Waals surface area contributed by atoms with Crippen molar-refractivity contribution >= 4 is 0 Å². The van der Waals surface area contributed by atoms with E-state index >= 15 is 0 Å². The minimum absolute atomic E-state index is 0.659. The van der Waals surface area contributed by atoms with Crippen LogP contribution in [0.1, 0.15) is 20.3 Å². The number of terminal acetylenes is 1. The van der Waals surface area contributed by atoms with Gasteiger partial charge in [-0.25, -0.2) is 0 Å². The summed E-state index contributed by atoms with van der Waals surface area (Å²) in [5.41, 5.74) is 0. The first kappa shape index (κ1) is 8.10. The van der Waals surface area contributed by atoms with E-state index < -0.39 is 0 Å². The predicted octanol–water partition coefficient (Wildman–Crippen LogP) is 1.95. The molecule has 0 atom stereocenters. The molecule has 0 rings (SSSR count). The maximum Gasteiger partial charge on any atom is 0.0898 e. The Bertz CT molecular complexity index is 128. The first-order valence-electron chi connectivity index (χ1n) is 3.04. The molecule has 0 fully saturated rings. The van der Waals surface area contributed by atoms with Gasteiger partial charge in [0.1, 0.15) is 0 Å². The van der Waals surface area contributed by atoms with Crippen molar-refractivity contribution in [3.8, 4) is 12.3 Å². The Morgan fingerprint density at radius 3 is 2.89 bits per heavy atom. The summed E-state index contributed by atoms with van der Waals surface area (Å²) in [6, 6.07) is 0. The summed E-state index contributed by atoms with van der Waals surface area (Å²) >= 11 is 0. The predicted molar refractivity (Wildman–Crippen MR) is 38.8 cm³/mol. The fourth-order valence-electron chi connectivity index (χ4n) is 0.489. The molecule has 50 valence electrons. The molecule has 0 aliphatic rings. The summed E-state index contributed by atoms with van der Waals surface area (Å²) in [7, 11) is 0. The van der Waals surface area contributed by atoms with Gasteiger partial charge in [-0.05, 0) is 19.9 Å². The molecule has 9 heavy (non-hydrogen) atoms. The van der Waals surface area contributed by atoms with Crippen LogP contribution < -0.4 is 0 Å². The molecule has 0 spiro atoms. The quantitative estimate of drug-likeness (QED) is 0.412. The zero-order chi connectivity index (χ0) is 7.11. The lowest BCUT2D eigenvalue weighted by molar-refractivity contribution is 0.230. The summed E-state index contributed by atoms with van der Waals surface area (Å²) in [5, 5.41) is 0. The molecule has 0 aliphatic carbocycles. The van der Waals surface area contributed by atoms with Crippen molar-refractivity contribution in [3.63, 3.8) is 0 Å². The fourth-order valence-corrected chi connectivity index (χ4v) is 0.489. The molecule has 0 amide bonds. The highest BCUT2D eigenvalue weighted by Crippen LogP contribution is 1.95. The third-order valence-corrected chi connectivity index (χ3v) is 0.879. The van der Waals surface area contributed by atoms with Crippen LogP contribution in [0.4, 0.5) is 0 Å². The second kappa shape index (κ2) is 5.24. The molecule has 1 heteroatoms. The molecule has 0 aromatic carbocycles. The summed E-state index contributed by atoms with van der Waals surface area (Å²) in [5.74, 6) is 3.41. The third-order valence-electron chi connectivity index (χ3n) is 0.879. The topological polar surface area (TPSA) is 9.23 Å². The molecule has 0 bridgehead atoms. The van der Waals surface area contributed by atoms with Crippen LogP contribution in [0.15, 0.2) is 11.8 Å². The largest absolute Gasteiger partial charge is 0.499 e. The highest BCUT2D eigenvalue weighted by Gasteiger charge is 1.82. The van der Waals surface area contributed by atoms with Crippen LogP contribution in [0, 0.1) is 12.3 Å². The molecule has 0 unspecified atom stereocenters. The second-order valence-corrected chi connectivity index (χ2v) is 1.66. The van der Waals surface area contributed by atoms with Crippen LogP contribution in [-0.2, 0) is 4.74 Å². The number of hydrogen-bond donors (Lipinski definition) is 0. The smallest absolute Gasteiger partial charge is 0.0898 e. The Kier molecular flexibility index (Phi) is 4.72. The van der Waals surface area contributed by atoms with E-state index in [2.05, 4.69) is 5.92 Å². The van der Waals surface area contributed by atoms with E-state index in [4.69, 9.17) is 11.2 Å². The van der Waals surface area contributed by atoms with Crippen LogP contribution in [0.2, 0.25) is 0 Å². The van der Waals surface area contributed by atoms with Crippen molar-refractivity contribution in [2.24, 2.45) is 0 Å². The zero-order valence-electron chi connectivity index (χ0n) is 5.98. The van der Waals surface area contributed by atoms with Gasteiger partial charge >= 0.3 is 0 Å². The van der Waals surface area contributed by atoms with Crippen LogP contribution in [0.3, 0.4) is 0 Å². The fraction of sp³-hybridized carbons (Fsp3) is 0.500. The van der Waals surface area contributed by atoms with Gasteiger partial charge in [0, 0.05) is 6.42 Å². The van der Waals surface area contributed by atoms with Gasteiger partial charge in [-0.1, -0.05) is 0 Å². The lowest BCUT2D eigenvalue weighted by Crippen LogP contribution is -1.85. The summed E-state index contributed by atoms with van der Waals surface area (Å²) in [6.07, 6.45) is 7.57. The Hall–Kier alpha value is -0.900. The molecule has 0 radical (unpaired) electrons. The molecule has 0 aliphatic heterocycles. The van der Waals surface area contributed by atoms with Gasteiger partial charge in [-0.3, -0.25) is 0 Å². The van der Waals surface area contributed by atoms with Gasteiger partial charge in [0.2, 0.25) is 0 Å². The first-order valence-corrected chi connectivity index (χ1v) is 3.04. The molecule has 1 nitrogen and oxygen atoms in total. The maximum atomic E-state index is 5.11. The molecular formula is C8H12O. The molecule has 0 N–H and O–H groups in total. The van der Waals surface area contributed by atoms with Crippen molar-refractivity contribution < 1.29 is 4.74 Å². The van der Waals surface area contributed by atoms with E-state index in [0.29, 0.717) is 13.0 Å². The lowest BCUT2D eigenvalue weighted by atomic mass is 10.4. The van der Waals surface area contributed by atoms with Gasteiger partial charge in [0.15, 0.2) is 0 Å². The van der Waals surface area contributed by atoms with Crippen LogP contribution >= 0.6 is 0 Å². The average molecular weight is 124 g/mol. The number of hydrogen-bond acceptors (Lipinski definition) is 1. The van der Waals surface area contributed by atoms with E-state index in [-0.39, 0.29) is 0 Å². The van der Waals surface area contributed by atoms with Gasteiger partial charge in [0.25, 0.3) is 0 Å². The van der Waals surface area contributed by atoms with Crippen LogP contribution in [0.25, 0.3) is 0 Å². The minimum atomic E-state index is 0.659. The lowest BCUT2D eigenvalue weighted by Gasteiger charge is -1.99. The summed E-state index contributed by atoms with van der Waals surface area (Å²) in [4.78, 5) is 0. The van der Waals surface area contributed by atoms with Crippen molar-refractivity contribution in [1.29, 1.82) is 0 Å². The maximum absolute atomic E-state index is 5.11. The Morgan fingerprint density at radius 2 is 2.44 bits per heavy atom. The van der Waals surface area contributed by atoms with E-state index in [0.717, 1.165) is 5.76 Å². The Labute approximate surface area is 56.7 Å². The number of rotatable bonds is 3. The number of allylic oxidation sites excluding steroid dienone is 2. The summed E-state index contributed by atoms with van der Waals surface area (Å²) in [6.45, 7) is 4.57. The highest BCUT2D eigenvalue weighted by atomic mass is 16.5. The Morgan fingerprint density at radius 1 is 1.78 bits per heavy atom. The summed E-state index contributed by atoms with van der Waals surface area (Å²) < 4.78 is 5.11. The van der Waals surface area contributed by atoms with Gasteiger partial charge in [-0.15, -0.1) is 12.3 Å². The van der Waals surface area contributed by atoms with E-state index in [1.54, 1.807) is 0 Å². The average Bonchev–Trinajstić information content (AvgIpc) is 1.85. The second-order valence-electron chi connectivity index (χ2n) is 1.66. The van der Waals surface area contributed by atoms with Crippen molar-refractivity contribution in [1.82, 2.24) is 0 Å². The Balaban J connectivity index is 3.45. The minimum Gasteiger partial charge on any atom is -0.499 e. The highest BCUT2D eigenvalue weighted by molar-refractivity contribution is 4.99. The van der Waals surface area contributed by atoms with E-state index in [1.165, 1.54) is 0 Å². The third kappa shape index (κ3) is 4.96. The molecule has 0 saturated heterocycles. The van der Waals surface area contributed by atoms with Crippen molar-refractivity contribution in [2.75, 3.05) is 6.61 Å². The van der Waals surface area contributed by atoms with Crippen LogP contribution in [-0.4, -0.2) is 6.61 Å². The van der Waals surface area contributed by atoms with Gasteiger partial charge in [-0.2, -0.15) is 0 Å². The number of ether oxygens (including phenoxy) is 1. The first-order chi connectivity index (χ1) is 4.31. The van der Waals surface area contributed by atoms with E-state index in [9.17, 15) is 0 Å². The molecule has 0 aromatic rings. The van der Waals surface area contributed by atoms with Gasteiger partial charge < -0.3 is 4.74 Å². The van der Waals surface area contributed by atoms with Crippen LogP contribution in [0.5, 0.6) is 0 Å². The van der Waals surface area contributed by atoms with Crippen molar-refractivity contribution in [2.45, 2.75) is 20.3 Å². The SMILES string of the molecule is C#CC/C=C(\C)OCC. The zero-order valence-corrected chi connectivity index (χ0v) is 5.98. The monoisotopic (exact) mass is 124 g/mol. The van der Waals surface area contributed by atoms with Crippen molar-refractivity contribution in [3.05, 3.63) is 11.8 Å². The normalized spacial score (nSPS) is 10.6. The molecule has 0 heterocycles. The van der Waals surface area contributed by atoms with Gasteiger partial charge in [0.05, 0.1) is 12.4 Å².